The highest BCUT2D eigenvalue weighted by Gasteiger charge is 2.24. The van der Waals surface area contributed by atoms with Gasteiger partial charge in [-0.05, 0) is 56.9 Å². The minimum absolute atomic E-state index is 0.115. The van der Waals surface area contributed by atoms with E-state index in [1.165, 1.54) is 35.6 Å². The Morgan fingerprint density at radius 2 is 1.84 bits per heavy atom. The van der Waals surface area contributed by atoms with Crippen molar-refractivity contribution in [1.82, 2.24) is 9.62 Å². The molecule has 0 spiro atoms. The number of amides is 1. The molecule has 0 atom stereocenters. The molecule has 1 aliphatic carbocycles. The highest BCUT2D eigenvalue weighted by Crippen LogP contribution is 2.28. The van der Waals surface area contributed by atoms with Gasteiger partial charge in [0.1, 0.15) is 6.54 Å². The number of hydrogen-bond donors (Lipinski definition) is 1. The number of nitrogens with one attached hydrogen (secondary N) is 1. The van der Waals surface area contributed by atoms with Crippen molar-refractivity contribution >= 4 is 21.9 Å². The molecule has 138 valence electrons. The normalized spacial score (nSPS) is 14.6. The summed E-state index contributed by atoms with van der Waals surface area (Å²) < 4.78 is 31.0. The van der Waals surface area contributed by atoms with Gasteiger partial charge in [0.2, 0.25) is 10.0 Å². The lowest BCUT2D eigenvalue weighted by atomic mass is 10.2. The van der Waals surface area contributed by atoms with Crippen LogP contribution in [0.2, 0.25) is 0 Å². The van der Waals surface area contributed by atoms with E-state index in [2.05, 4.69) is 5.32 Å². The minimum Gasteiger partial charge on any atom is -0.464 e. The summed E-state index contributed by atoms with van der Waals surface area (Å²) in [4.78, 5) is 23.7. The molecule has 1 saturated carbocycles. The van der Waals surface area contributed by atoms with Crippen molar-refractivity contribution in [2.45, 2.75) is 37.6 Å². The lowest BCUT2D eigenvalue weighted by Gasteiger charge is -2.21. The molecule has 0 aromatic heterocycles. The van der Waals surface area contributed by atoms with E-state index in [4.69, 9.17) is 4.74 Å². The van der Waals surface area contributed by atoms with Crippen molar-refractivity contribution in [3.63, 3.8) is 0 Å². The molecule has 1 N–H and O–H groups in total. The van der Waals surface area contributed by atoms with Crippen LogP contribution in [0.15, 0.2) is 29.2 Å². The third-order valence-corrected chi connectivity index (χ3v) is 6.14. The Hall–Kier alpha value is -1.93. The summed E-state index contributed by atoms with van der Waals surface area (Å²) in [6.07, 6.45) is 2.17. The van der Waals surface area contributed by atoms with Crippen molar-refractivity contribution in [2.24, 2.45) is 5.92 Å². The van der Waals surface area contributed by atoms with Crippen LogP contribution in [0.5, 0.6) is 0 Å². The van der Waals surface area contributed by atoms with Crippen LogP contribution < -0.4 is 5.32 Å². The second-order valence-electron chi connectivity index (χ2n) is 6.45. The third kappa shape index (κ3) is 5.27. The first kappa shape index (κ1) is 19.4. The molecule has 8 heteroatoms. The zero-order valence-corrected chi connectivity index (χ0v) is 15.5. The summed E-state index contributed by atoms with van der Waals surface area (Å²) in [7, 11) is -2.08. The number of ether oxygens (including phenoxy) is 1. The number of rotatable bonds is 8. The summed E-state index contributed by atoms with van der Waals surface area (Å²) in [5.41, 5.74) is 0.279. The van der Waals surface area contributed by atoms with Crippen molar-refractivity contribution in [3.05, 3.63) is 29.8 Å². The Balaban J connectivity index is 1.92. The Morgan fingerprint density at radius 1 is 1.24 bits per heavy atom. The average Bonchev–Trinajstić information content (AvgIpc) is 3.41. The van der Waals surface area contributed by atoms with Gasteiger partial charge in [-0.15, -0.1) is 0 Å². The van der Waals surface area contributed by atoms with Crippen LogP contribution in [0.25, 0.3) is 0 Å². The minimum atomic E-state index is -3.59. The summed E-state index contributed by atoms with van der Waals surface area (Å²) in [6.45, 7) is 3.76. The fraction of sp³-hybridized carbons (Fsp3) is 0.529. The van der Waals surface area contributed by atoms with Crippen LogP contribution >= 0.6 is 0 Å². The van der Waals surface area contributed by atoms with Crippen molar-refractivity contribution in [2.75, 3.05) is 20.2 Å². The summed E-state index contributed by atoms with van der Waals surface area (Å²) in [5.74, 6) is -0.458. The monoisotopic (exact) mass is 368 g/mol. The second kappa shape index (κ2) is 7.97. The lowest BCUT2D eigenvalue weighted by Crippen LogP contribution is -2.33. The molecule has 1 aliphatic rings. The molecule has 7 nitrogen and oxygen atoms in total. The van der Waals surface area contributed by atoms with Crippen LogP contribution in [-0.4, -0.2) is 50.8 Å². The Labute approximate surface area is 148 Å². The van der Waals surface area contributed by atoms with Crippen LogP contribution in [0, 0.1) is 5.92 Å². The first-order valence-corrected chi connectivity index (χ1v) is 9.67. The molecule has 0 heterocycles. The molecule has 1 aromatic rings. The van der Waals surface area contributed by atoms with Gasteiger partial charge in [-0.2, -0.15) is 4.31 Å². The number of nitrogens with zero attached hydrogens (tertiary/aromatic N) is 1. The topological polar surface area (TPSA) is 92.8 Å². The van der Waals surface area contributed by atoms with Gasteiger partial charge in [0.05, 0.1) is 11.5 Å². The highest BCUT2D eigenvalue weighted by atomic mass is 32.2. The van der Waals surface area contributed by atoms with Gasteiger partial charge in [0.15, 0.2) is 0 Å². The van der Waals surface area contributed by atoms with Crippen LogP contribution in [0.4, 0.5) is 0 Å². The van der Waals surface area contributed by atoms with E-state index in [0.29, 0.717) is 12.5 Å². The van der Waals surface area contributed by atoms with Gasteiger partial charge in [-0.1, -0.05) is 0 Å². The SMILES string of the molecule is CC(C)N(C)S(=O)(=O)c1ccc(C(=O)NCC(=O)OCC2CC2)cc1. The highest BCUT2D eigenvalue weighted by molar-refractivity contribution is 7.89. The number of esters is 1. The Morgan fingerprint density at radius 3 is 2.36 bits per heavy atom. The van der Waals surface area contributed by atoms with Gasteiger partial charge in [0, 0.05) is 18.7 Å². The van der Waals surface area contributed by atoms with Gasteiger partial charge < -0.3 is 10.1 Å². The van der Waals surface area contributed by atoms with E-state index in [0.717, 1.165) is 12.8 Å². The van der Waals surface area contributed by atoms with E-state index >= 15 is 0 Å². The molecule has 0 aliphatic heterocycles. The second-order valence-corrected chi connectivity index (χ2v) is 8.45. The number of carbonyl (C=O) groups excluding carboxylic acids is 2. The van der Waals surface area contributed by atoms with E-state index in [1.807, 2.05) is 0 Å². The molecule has 2 rings (SSSR count). The standard InChI is InChI=1S/C17H24N2O5S/c1-12(2)19(3)25(22,23)15-8-6-14(7-9-15)17(21)18-10-16(20)24-11-13-4-5-13/h6-9,12-13H,4-5,10-11H2,1-3H3,(H,18,21). The van der Waals surface area contributed by atoms with E-state index < -0.39 is 21.9 Å². The summed E-state index contributed by atoms with van der Waals surface area (Å²) >= 11 is 0. The van der Waals surface area contributed by atoms with Crippen LogP contribution in [0.3, 0.4) is 0 Å². The van der Waals surface area contributed by atoms with Crippen molar-refractivity contribution in [1.29, 1.82) is 0 Å². The summed E-state index contributed by atoms with van der Waals surface area (Å²) in [6, 6.07) is 5.44. The van der Waals surface area contributed by atoms with Crippen LogP contribution in [0.1, 0.15) is 37.0 Å². The zero-order chi connectivity index (χ0) is 18.6. The smallest absolute Gasteiger partial charge is 0.325 e. The molecule has 1 aromatic carbocycles. The quantitative estimate of drug-likeness (QED) is 0.700. The van der Waals surface area contributed by atoms with Gasteiger partial charge in [-0.3, -0.25) is 9.59 Å². The van der Waals surface area contributed by atoms with E-state index in [9.17, 15) is 18.0 Å². The van der Waals surface area contributed by atoms with E-state index in [1.54, 1.807) is 13.8 Å². The molecule has 0 unspecified atom stereocenters. The molecule has 25 heavy (non-hydrogen) atoms. The fourth-order valence-electron chi connectivity index (χ4n) is 2.02. The van der Waals surface area contributed by atoms with Gasteiger partial charge in [-0.25, -0.2) is 8.42 Å². The number of sulfonamides is 1. The van der Waals surface area contributed by atoms with Crippen LogP contribution in [-0.2, 0) is 19.6 Å². The first-order chi connectivity index (χ1) is 11.7. The molecule has 1 fully saturated rings. The third-order valence-electron chi connectivity index (χ3n) is 4.09. The number of carbonyl (C=O) groups is 2. The lowest BCUT2D eigenvalue weighted by molar-refractivity contribution is -0.142. The molecule has 1 amide bonds. The molecular weight excluding hydrogens is 344 g/mol. The van der Waals surface area contributed by atoms with Gasteiger partial charge in [0.25, 0.3) is 5.91 Å². The first-order valence-electron chi connectivity index (χ1n) is 8.23. The van der Waals surface area contributed by atoms with E-state index in [-0.39, 0.29) is 23.0 Å². The predicted octanol–water partition coefficient (Wildman–Crippen LogP) is 1.40. The zero-order valence-electron chi connectivity index (χ0n) is 14.7. The maximum Gasteiger partial charge on any atom is 0.325 e. The largest absolute Gasteiger partial charge is 0.464 e. The number of hydrogen-bond acceptors (Lipinski definition) is 5. The predicted molar refractivity (Wildman–Crippen MR) is 92.5 cm³/mol. The number of benzene rings is 1. The Kier molecular flexibility index (Phi) is 6.18. The molecule has 0 saturated heterocycles. The Bertz CT molecular complexity index is 724. The van der Waals surface area contributed by atoms with Gasteiger partial charge >= 0.3 is 5.97 Å². The average molecular weight is 368 g/mol. The maximum absolute atomic E-state index is 12.4. The van der Waals surface area contributed by atoms with Crippen molar-refractivity contribution < 1.29 is 22.7 Å². The van der Waals surface area contributed by atoms with Crippen molar-refractivity contribution in [3.8, 4) is 0 Å². The maximum atomic E-state index is 12.4. The molecule has 0 bridgehead atoms. The molecule has 0 radical (unpaired) electrons. The fourth-order valence-corrected chi connectivity index (χ4v) is 3.39. The summed E-state index contributed by atoms with van der Waals surface area (Å²) in [5, 5.41) is 2.47. The molecular formula is C17H24N2O5S.